The van der Waals surface area contributed by atoms with Crippen LogP contribution >= 0.6 is 0 Å². The van der Waals surface area contributed by atoms with Gasteiger partial charge < -0.3 is 20.4 Å². The van der Waals surface area contributed by atoms with Gasteiger partial charge >= 0.3 is 5.69 Å². The first-order valence-electron chi connectivity index (χ1n) is 13.7. The lowest BCUT2D eigenvalue weighted by atomic mass is 10.1. The number of hydrogen-bond acceptors (Lipinski definition) is 18. The summed E-state index contributed by atoms with van der Waals surface area (Å²) in [6.45, 7) is 0. The first-order valence-corrected chi connectivity index (χ1v) is 16.5. The highest BCUT2D eigenvalue weighted by molar-refractivity contribution is 7.86. The molecule has 0 spiro atoms. The average Bonchev–Trinajstić information content (AvgIpc) is 3.07. The molecule has 0 atom stereocenters. The average molecular weight is 755 g/mol. The molecular weight excluding hydrogens is 736 g/mol. The monoisotopic (exact) mass is 754 g/mol. The number of phenolic OH excluding ortho intramolecular Hbond substituents is 4. The second kappa shape index (κ2) is 13.7. The highest BCUT2D eigenvalue weighted by Crippen LogP contribution is 2.47. The molecule has 5 aromatic carbocycles. The molecule has 0 fully saturated rings. The van der Waals surface area contributed by atoms with E-state index in [0.29, 0.717) is 12.1 Å². The number of phenols is 4. The first-order chi connectivity index (χ1) is 24.3. The summed E-state index contributed by atoms with van der Waals surface area (Å²) in [5.74, 6) is -3.52. The van der Waals surface area contributed by atoms with Gasteiger partial charge in [0.2, 0.25) is 5.75 Å². The zero-order valence-corrected chi connectivity index (χ0v) is 26.9. The number of rotatable bonds is 10. The highest BCUT2D eigenvalue weighted by atomic mass is 32.2. The lowest BCUT2D eigenvalue weighted by Crippen LogP contribution is -1.99. The van der Waals surface area contributed by atoms with Crippen molar-refractivity contribution in [3.63, 3.8) is 0 Å². The summed E-state index contributed by atoms with van der Waals surface area (Å²) in [4.78, 5) is 18.5. The molecule has 22 nitrogen and oxygen atoms in total. The summed E-state index contributed by atoms with van der Waals surface area (Å²) in [6, 6.07) is 12.4. The summed E-state index contributed by atoms with van der Waals surface area (Å²) in [7, 11) is -9.98. The van der Waals surface area contributed by atoms with Crippen molar-refractivity contribution in [1.82, 2.24) is 0 Å². The number of azo groups is 3. The minimum Gasteiger partial charge on any atom is -0.505 e. The molecule has 0 aliphatic rings. The molecule has 52 heavy (non-hydrogen) atoms. The zero-order chi connectivity index (χ0) is 38.1. The van der Waals surface area contributed by atoms with E-state index in [-0.39, 0.29) is 33.5 Å². The topological polar surface area (TPSA) is 350 Å². The second-order valence-corrected chi connectivity index (χ2v) is 13.0. The lowest BCUT2D eigenvalue weighted by molar-refractivity contribution is -0.386. The Labute approximate surface area is 288 Å². The van der Waals surface area contributed by atoms with Crippen LogP contribution in [0.2, 0.25) is 0 Å². The summed E-state index contributed by atoms with van der Waals surface area (Å²) in [5.41, 5.74) is -4.01. The van der Waals surface area contributed by atoms with Crippen LogP contribution in [0.1, 0.15) is 0 Å². The number of nitro benzene ring substituents is 2. The summed E-state index contributed by atoms with van der Waals surface area (Å²) < 4.78 is 66.5. The Hall–Kier alpha value is -7.02. The molecule has 0 saturated heterocycles. The molecule has 0 aliphatic heterocycles. The van der Waals surface area contributed by atoms with Crippen molar-refractivity contribution < 1.29 is 56.2 Å². The van der Waals surface area contributed by atoms with Gasteiger partial charge in [-0.2, -0.15) is 27.1 Å². The smallest absolute Gasteiger partial charge is 0.314 e. The first kappa shape index (κ1) is 36.3. The molecule has 0 heterocycles. The van der Waals surface area contributed by atoms with Crippen LogP contribution in [0.15, 0.2) is 113 Å². The van der Waals surface area contributed by atoms with Gasteiger partial charge in [-0.1, -0.05) is 6.07 Å². The standard InChI is InChI=1S/C28H18N8O14S2/c37-22-8-7-19(28(40)24(22)33-32-20-11-17(51(45,46)47)12-21(27(20)39)36(43)44)31-30-15-2-1-13-9-23(52(48,49)50)25(26(38)18(13)10-15)34-29-14-3-5-16(6-4-14)35(41)42/h1-12,37-40H,(H,45,46,47)(H,48,49,50). The van der Waals surface area contributed by atoms with Gasteiger partial charge in [-0.3, -0.25) is 29.3 Å². The summed E-state index contributed by atoms with van der Waals surface area (Å²) in [6.07, 6.45) is 0. The van der Waals surface area contributed by atoms with Crippen molar-refractivity contribution in [2.75, 3.05) is 0 Å². The van der Waals surface area contributed by atoms with Gasteiger partial charge in [-0.15, -0.1) is 20.5 Å². The maximum Gasteiger partial charge on any atom is 0.314 e. The molecule has 0 saturated carbocycles. The van der Waals surface area contributed by atoms with Gasteiger partial charge in [0.1, 0.15) is 32.6 Å². The van der Waals surface area contributed by atoms with E-state index in [1.165, 1.54) is 30.3 Å². The second-order valence-electron chi connectivity index (χ2n) is 10.2. The molecule has 5 aromatic rings. The fraction of sp³-hybridized carbons (Fsp3) is 0. The van der Waals surface area contributed by atoms with Crippen LogP contribution in [0.25, 0.3) is 10.8 Å². The molecular formula is C28H18N8O14S2. The van der Waals surface area contributed by atoms with E-state index in [2.05, 4.69) is 30.7 Å². The fourth-order valence-electron chi connectivity index (χ4n) is 4.33. The number of non-ortho nitro benzene ring substituents is 1. The molecule has 5 rings (SSSR count). The molecule has 0 aliphatic carbocycles. The number of aromatic hydroxyl groups is 4. The number of fused-ring (bicyclic) bond motifs is 1. The van der Waals surface area contributed by atoms with E-state index in [1.54, 1.807) is 0 Å². The molecule has 0 bridgehead atoms. The molecule has 0 radical (unpaired) electrons. The van der Waals surface area contributed by atoms with Crippen LogP contribution in [-0.4, -0.2) is 56.2 Å². The van der Waals surface area contributed by atoms with Crippen molar-refractivity contribution in [1.29, 1.82) is 0 Å². The van der Waals surface area contributed by atoms with Crippen molar-refractivity contribution in [2.24, 2.45) is 30.7 Å². The molecule has 24 heteroatoms. The predicted molar refractivity (Wildman–Crippen MR) is 175 cm³/mol. The lowest BCUT2D eigenvalue weighted by Gasteiger charge is -2.09. The van der Waals surface area contributed by atoms with Crippen molar-refractivity contribution in [3.8, 4) is 23.0 Å². The molecule has 0 unspecified atom stereocenters. The number of hydrogen-bond donors (Lipinski definition) is 6. The Bertz CT molecular complexity index is 2630. The van der Waals surface area contributed by atoms with Gasteiger partial charge in [0.15, 0.2) is 17.2 Å². The third-order valence-electron chi connectivity index (χ3n) is 6.82. The van der Waals surface area contributed by atoms with E-state index in [9.17, 15) is 66.6 Å². The highest BCUT2D eigenvalue weighted by Gasteiger charge is 2.25. The zero-order valence-electron chi connectivity index (χ0n) is 25.3. The van der Waals surface area contributed by atoms with Crippen molar-refractivity contribution in [2.45, 2.75) is 9.79 Å². The van der Waals surface area contributed by atoms with Gasteiger partial charge in [0.25, 0.3) is 25.9 Å². The van der Waals surface area contributed by atoms with Gasteiger partial charge in [-0.25, -0.2) is 0 Å². The van der Waals surface area contributed by atoms with E-state index in [1.807, 2.05) is 0 Å². The van der Waals surface area contributed by atoms with Gasteiger partial charge in [0, 0.05) is 23.6 Å². The fourth-order valence-corrected chi connectivity index (χ4v) is 5.51. The van der Waals surface area contributed by atoms with Crippen LogP contribution < -0.4 is 0 Å². The van der Waals surface area contributed by atoms with Crippen LogP contribution in [0, 0.1) is 20.2 Å². The maximum absolute atomic E-state index is 12.1. The van der Waals surface area contributed by atoms with Gasteiger partial charge in [-0.05, 0) is 53.9 Å². The SMILES string of the molecule is O=[N+]([O-])c1ccc(N=Nc2c(S(=O)(=O)O)cc3ccc(N=Nc4ccc(O)c(N=Nc5cc(S(=O)(=O)O)cc([N+](=O)[O-])c5O)c4O)cc3c2O)cc1. The van der Waals surface area contributed by atoms with E-state index >= 15 is 0 Å². The minimum absolute atomic E-state index is 0.0180. The van der Waals surface area contributed by atoms with E-state index in [4.69, 9.17) is 0 Å². The Morgan fingerprint density at radius 1 is 0.558 bits per heavy atom. The Morgan fingerprint density at radius 2 is 1.17 bits per heavy atom. The van der Waals surface area contributed by atoms with Crippen molar-refractivity contribution in [3.05, 3.63) is 93.0 Å². The van der Waals surface area contributed by atoms with E-state index in [0.717, 1.165) is 30.3 Å². The van der Waals surface area contributed by atoms with E-state index < -0.39 is 85.6 Å². The minimum atomic E-state index is -5.01. The molecule has 266 valence electrons. The van der Waals surface area contributed by atoms with Crippen LogP contribution in [0.4, 0.5) is 45.5 Å². The normalized spacial score (nSPS) is 12.3. The summed E-state index contributed by atoms with van der Waals surface area (Å²) in [5, 5.41) is 86.6. The third-order valence-corrected chi connectivity index (χ3v) is 8.52. The Kier molecular flexibility index (Phi) is 9.56. The number of nitro groups is 2. The quantitative estimate of drug-likeness (QED) is 0.0355. The summed E-state index contributed by atoms with van der Waals surface area (Å²) >= 11 is 0. The molecule has 0 amide bonds. The van der Waals surface area contributed by atoms with Crippen molar-refractivity contribution >= 4 is 76.5 Å². The Balaban J connectivity index is 1.52. The van der Waals surface area contributed by atoms with Crippen LogP contribution in [-0.2, 0) is 20.2 Å². The largest absolute Gasteiger partial charge is 0.505 e. The number of nitrogens with zero attached hydrogens (tertiary/aromatic N) is 8. The predicted octanol–water partition coefficient (Wildman–Crippen LogP) is 7.22. The maximum atomic E-state index is 12.1. The third kappa shape index (κ3) is 7.58. The molecule has 0 aromatic heterocycles. The van der Waals surface area contributed by atoms with Gasteiger partial charge in [0.05, 0.1) is 21.2 Å². The van der Waals surface area contributed by atoms with Crippen LogP contribution in [0.3, 0.4) is 0 Å². The number of benzene rings is 5. The van der Waals surface area contributed by atoms with Crippen LogP contribution in [0.5, 0.6) is 23.0 Å². The Morgan fingerprint density at radius 3 is 1.79 bits per heavy atom. The molecule has 6 N–H and O–H groups in total.